The van der Waals surface area contributed by atoms with Crippen molar-refractivity contribution in [3.05, 3.63) is 120 Å². The molecule has 0 aliphatic heterocycles. The molecular formula is C29H28N2O5. The van der Waals surface area contributed by atoms with Crippen molar-refractivity contribution in [3.63, 3.8) is 0 Å². The average molecular weight is 485 g/mol. The summed E-state index contributed by atoms with van der Waals surface area (Å²) in [6.45, 7) is 0.198. The predicted molar refractivity (Wildman–Crippen MR) is 135 cm³/mol. The van der Waals surface area contributed by atoms with Gasteiger partial charge in [0.15, 0.2) is 6.61 Å². The number of carbonyl (C=O) groups excluding carboxylic acids is 2. The van der Waals surface area contributed by atoms with E-state index in [1.54, 1.807) is 37.6 Å². The van der Waals surface area contributed by atoms with Gasteiger partial charge in [-0.2, -0.15) is 0 Å². The van der Waals surface area contributed by atoms with Crippen LogP contribution >= 0.6 is 0 Å². The molecule has 0 aliphatic rings. The molecule has 0 unspecified atom stereocenters. The van der Waals surface area contributed by atoms with Crippen LogP contribution in [0.2, 0.25) is 0 Å². The molecule has 184 valence electrons. The highest BCUT2D eigenvalue weighted by atomic mass is 16.5. The van der Waals surface area contributed by atoms with E-state index in [2.05, 4.69) is 5.32 Å². The maximum absolute atomic E-state index is 13.6. The van der Waals surface area contributed by atoms with Crippen molar-refractivity contribution in [1.29, 1.82) is 0 Å². The number of benzene rings is 3. The minimum absolute atomic E-state index is 0.203. The lowest BCUT2D eigenvalue weighted by atomic mass is 10.0. The third kappa shape index (κ3) is 6.54. The van der Waals surface area contributed by atoms with Crippen LogP contribution in [0, 0.1) is 0 Å². The number of amides is 2. The molecule has 1 atom stereocenters. The quantitative estimate of drug-likeness (QED) is 0.332. The Morgan fingerprint density at radius 3 is 2.19 bits per heavy atom. The highest BCUT2D eigenvalue weighted by molar-refractivity contribution is 5.89. The van der Waals surface area contributed by atoms with Gasteiger partial charge in [-0.1, -0.05) is 60.7 Å². The van der Waals surface area contributed by atoms with E-state index < -0.39 is 6.04 Å². The van der Waals surface area contributed by atoms with Gasteiger partial charge in [-0.25, -0.2) is 0 Å². The predicted octanol–water partition coefficient (Wildman–Crippen LogP) is 4.75. The standard InChI is InChI=1S/C29H28N2O5/c1-34-24-16-14-22(15-17-24)20-31(27(32)21-36-25-11-6-3-7-12-25)28(23-9-4-2-5-10-23)29(33)30-19-26-13-8-18-35-26/h2-18,28H,19-21H2,1H3,(H,30,33)/t28-/m0/s1. The van der Waals surface area contributed by atoms with Gasteiger partial charge in [-0.3, -0.25) is 9.59 Å². The van der Waals surface area contributed by atoms with Crippen LogP contribution in [-0.2, 0) is 22.7 Å². The van der Waals surface area contributed by atoms with Crippen LogP contribution in [0.5, 0.6) is 11.5 Å². The molecule has 1 N–H and O–H groups in total. The summed E-state index contributed by atoms with van der Waals surface area (Å²) in [5.41, 5.74) is 1.54. The maximum atomic E-state index is 13.6. The van der Waals surface area contributed by atoms with Crippen LogP contribution in [0.15, 0.2) is 108 Å². The highest BCUT2D eigenvalue weighted by Crippen LogP contribution is 2.25. The van der Waals surface area contributed by atoms with Crippen LogP contribution in [0.25, 0.3) is 0 Å². The third-order valence-electron chi connectivity index (χ3n) is 5.63. The average Bonchev–Trinajstić information content (AvgIpc) is 3.45. The van der Waals surface area contributed by atoms with Crippen LogP contribution < -0.4 is 14.8 Å². The first-order valence-corrected chi connectivity index (χ1v) is 11.6. The molecule has 2 amide bonds. The minimum Gasteiger partial charge on any atom is -0.497 e. The van der Waals surface area contributed by atoms with Crippen LogP contribution in [0.1, 0.15) is 22.9 Å². The minimum atomic E-state index is -0.880. The number of methoxy groups -OCH3 is 1. The van der Waals surface area contributed by atoms with Gasteiger partial charge in [0.1, 0.15) is 23.3 Å². The van der Waals surface area contributed by atoms with Gasteiger partial charge in [0.05, 0.1) is 19.9 Å². The smallest absolute Gasteiger partial charge is 0.261 e. The van der Waals surface area contributed by atoms with Crippen molar-refractivity contribution in [1.82, 2.24) is 10.2 Å². The first-order chi connectivity index (χ1) is 17.6. The maximum Gasteiger partial charge on any atom is 0.261 e. The number of ether oxygens (including phenoxy) is 2. The van der Waals surface area contributed by atoms with Gasteiger partial charge in [-0.15, -0.1) is 0 Å². The topological polar surface area (TPSA) is 81.0 Å². The fourth-order valence-corrected chi connectivity index (χ4v) is 3.79. The molecule has 0 bridgehead atoms. The van der Waals surface area contributed by atoms with E-state index in [-0.39, 0.29) is 31.5 Å². The van der Waals surface area contributed by atoms with E-state index in [9.17, 15) is 9.59 Å². The largest absolute Gasteiger partial charge is 0.497 e. The molecule has 0 spiro atoms. The van der Waals surface area contributed by atoms with Gasteiger partial charge < -0.3 is 24.1 Å². The van der Waals surface area contributed by atoms with E-state index in [4.69, 9.17) is 13.9 Å². The second-order valence-electron chi connectivity index (χ2n) is 8.08. The molecular weight excluding hydrogens is 456 g/mol. The number of para-hydroxylation sites is 1. The number of hydrogen-bond donors (Lipinski definition) is 1. The van der Waals surface area contributed by atoms with Crippen LogP contribution in [0.3, 0.4) is 0 Å². The molecule has 4 rings (SSSR count). The monoisotopic (exact) mass is 484 g/mol. The van der Waals surface area contributed by atoms with E-state index in [0.29, 0.717) is 22.8 Å². The summed E-state index contributed by atoms with van der Waals surface area (Å²) in [7, 11) is 1.60. The van der Waals surface area contributed by atoms with Gasteiger partial charge in [0.2, 0.25) is 5.91 Å². The summed E-state index contributed by atoms with van der Waals surface area (Å²) in [4.78, 5) is 28.7. The van der Waals surface area contributed by atoms with E-state index in [0.717, 1.165) is 5.56 Å². The number of furan rings is 1. The Morgan fingerprint density at radius 2 is 1.56 bits per heavy atom. The normalized spacial score (nSPS) is 11.4. The molecule has 0 aliphatic carbocycles. The number of hydrogen-bond acceptors (Lipinski definition) is 5. The lowest BCUT2D eigenvalue weighted by molar-refractivity contribution is -0.143. The second kappa shape index (κ2) is 12.3. The highest BCUT2D eigenvalue weighted by Gasteiger charge is 2.32. The van der Waals surface area contributed by atoms with Gasteiger partial charge in [0.25, 0.3) is 5.91 Å². The Kier molecular flexibility index (Phi) is 8.38. The Balaban J connectivity index is 1.62. The molecule has 0 fully saturated rings. The summed E-state index contributed by atoms with van der Waals surface area (Å²) in [5, 5.41) is 2.91. The number of carbonyl (C=O) groups is 2. The molecule has 4 aromatic rings. The Morgan fingerprint density at radius 1 is 0.861 bits per heavy atom. The molecule has 3 aromatic carbocycles. The van der Waals surface area contributed by atoms with Gasteiger partial charge in [0, 0.05) is 6.54 Å². The number of rotatable bonds is 11. The SMILES string of the molecule is COc1ccc(CN(C(=O)COc2ccccc2)[C@H](C(=O)NCc2ccco2)c2ccccc2)cc1. The van der Waals surface area contributed by atoms with Crippen molar-refractivity contribution in [3.8, 4) is 11.5 Å². The van der Waals surface area contributed by atoms with E-state index in [1.165, 1.54) is 4.90 Å². The van der Waals surface area contributed by atoms with Gasteiger partial charge >= 0.3 is 0 Å². The third-order valence-corrected chi connectivity index (χ3v) is 5.63. The number of nitrogens with zero attached hydrogens (tertiary/aromatic N) is 1. The summed E-state index contributed by atoms with van der Waals surface area (Å²) >= 11 is 0. The lowest BCUT2D eigenvalue weighted by Gasteiger charge is -2.31. The fourth-order valence-electron chi connectivity index (χ4n) is 3.79. The van der Waals surface area contributed by atoms with Crippen LogP contribution in [-0.4, -0.2) is 30.4 Å². The Labute approximate surface area is 210 Å². The summed E-state index contributed by atoms with van der Waals surface area (Å²) in [5.74, 6) is 1.26. The molecule has 36 heavy (non-hydrogen) atoms. The van der Waals surface area contributed by atoms with Crippen molar-refractivity contribution >= 4 is 11.8 Å². The first-order valence-electron chi connectivity index (χ1n) is 11.6. The van der Waals surface area contributed by atoms with Crippen LogP contribution in [0.4, 0.5) is 0 Å². The summed E-state index contributed by atoms with van der Waals surface area (Å²) in [6.07, 6.45) is 1.55. The zero-order valence-corrected chi connectivity index (χ0v) is 20.0. The molecule has 1 aromatic heterocycles. The molecule has 0 radical (unpaired) electrons. The molecule has 7 heteroatoms. The fraction of sp³-hybridized carbons (Fsp3) is 0.172. The van der Waals surface area contributed by atoms with Crippen molar-refractivity contribution in [2.75, 3.05) is 13.7 Å². The molecule has 0 saturated heterocycles. The Hall–Kier alpha value is -4.52. The zero-order valence-electron chi connectivity index (χ0n) is 20.0. The van der Waals surface area contributed by atoms with E-state index in [1.807, 2.05) is 72.8 Å². The molecule has 1 heterocycles. The van der Waals surface area contributed by atoms with Gasteiger partial charge in [-0.05, 0) is 47.5 Å². The molecule has 0 saturated carbocycles. The summed E-state index contributed by atoms with van der Waals surface area (Å²) < 4.78 is 16.4. The first kappa shape index (κ1) is 24.6. The summed E-state index contributed by atoms with van der Waals surface area (Å²) in [6, 6.07) is 28.4. The van der Waals surface area contributed by atoms with Crippen molar-refractivity contribution in [2.24, 2.45) is 0 Å². The van der Waals surface area contributed by atoms with E-state index >= 15 is 0 Å². The van der Waals surface area contributed by atoms with Crippen molar-refractivity contribution < 1.29 is 23.5 Å². The molecule has 7 nitrogen and oxygen atoms in total. The second-order valence-corrected chi connectivity index (χ2v) is 8.08. The Bertz CT molecular complexity index is 1230. The zero-order chi connectivity index (χ0) is 25.2. The number of nitrogens with one attached hydrogen (secondary N) is 1. The lowest BCUT2D eigenvalue weighted by Crippen LogP contribution is -2.45. The van der Waals surface area contributed by atoms with Crippen molar-refractivity contribution in [2.45, 2.75) is 19.1 Å².